The number of benzene rings is 4. The number of methoxy groups -OCH3 is 2. The summed E-state index contributed by atoms with van der Waals surface area (Å²) in [6, 6.07) is 27.6. The lowest BCUT2D eigenvalue weighted by Gasteiger charge is -2.37. The molecule has 15 heteroatoms. The van der Waals surface area contributed by atoms with Gasteiger partial charge in [0.1, 0.15) is 0 Å². The number of carbonyl (C=O) groups is 2. The minimum atomic E-state index is -0.904. The Bertz CT molecular complexity index is 3060. The second-order valence-corrected chi connectivity index (χ2v) is 25.2. The van der Waals surface area contributed by atoms with Crippen LogP contribution in [0.5, 0.6) is 34.5 Å². The van der Waals surface area contributed by atoms with Crippen molar-refractivity contribution in [2.75, 3.05) is 60.0 Å². The van der Waals surface area contributed by atoms with Gasteiger partial charge >= 0.3 is 0 Å². The molecule has 7 heterocycles. The highest BCUT2D eigenvalue weighted by Crippen LogP contribution is 2.50. The topological polar surface area (TPSA) is 123 Å². The van der Waals surface area contributed by atoms with Crippen molar-refractivity contribution in [1.82, 2.24) is 25.3 Å². The number of fused-ring (bicyclic) bond motifs is 6. The van der Waals surface area contributed by atoms with Crippen LogP contribution in [0.3, 0.4) is 0 Å². The molecule has 6 atom stereocenters. The molecule has 76 heavy (non-hydrogen) atoms. The van der Waals surface area contributed by atoms with Gasteiger partial charge in [0.25, 0.3) is 11.8 Å². The van der Waals surface area contributed by atoms with Crippen LogP contribution in [0.2, 0.25) is 0 Å². The number of piperidine rings is 1. The number of ether oxygens (including phenoxy) is 6. The predicted molar refractivity (Wildman–Crippen MR) is 300 cm³/mol. The lowest BCUT2D eigenvalue weighted by Crippen LogP contribution is -2.48. The van der Waals surface area contributed by atoms with E-state index in [1.807, 2.05) is 37.8 Å². The van der Waals surface area contributed by atoms with Crippen molar-refractivity contribution < 1.29 is 38.0 Å². The zero-order valence-electron chi connectivity index (χ0n) is 44.8. The summed E-state index contributed by atoms with van der Waals surface area (Å²) in [7, 11) is 3.22. The second-order valence-electron chi connectivity index (χ2n) is 22.9. The Labute approximate surface area is 455 Å². The van der Waals surface area contributed by atoms with E-state index in [9.17, 15) is 4.79 Å². The fraction of sp³-hybridized carbons (Fsp3) is 0.508. The van der Waals surface area contributed by atoms with Crippen LogP contribution in [0.15, 0.2) is 78.9 Å². The Hall–Kier alpha value is -5.58. The van der Waals surface area contributed by atoms with Gasteiger partial charge in [-0.3, -0.25) is 14.5 Å². The Morgan fingerprint density at radius 1 is 0.711 bits per heavy atom. The van der Waals surface area contributed by atoms with Crippen LogP contribution in [-0.2, 0) is 19.5 Å². The Morgan fingerprint density at radius 3 is 2.08 bits per heavy atom. The van der Waals surface area contributed by atoms with Crippen molar-refractivity contribution in [2.24, 2.45) is 17.8 Å². The monoisotopic (exact) mass is 1070 g/mol. The molecule has 402 valence electrons. The highest BCUT2D eigenvalue weighted by atomic mass is 32.1. The van der Waals surface area contributed by atoms with Gasteiger partial charge in [-0.1, -0.05) is 30.3 Å². The molecule has 2 bridgehead atoms. The number of unbranched alkanes of at least 4 members (excludes halogenated alkanes) is 1. The maximum atomic E-state index is 15.0. The van der Waals surface area contributed by atoms with E-state index in [-0.39, 0.29) is 17.9 Å². The lowest BCUT2D eigenvalue weighted by molar-refractivity contribution is -0.0702. The first-order chi connectivity index (χ1) is 36.9. The van der Waals surface area contributed by atoms with Crippen molar-refractivity contribution in [3.05, 3.63) is 105 Å². The molecular formula is C61H73N5O8S2. The molecule has 0 radical (unpaired) electrons. The number of carbonyl (C=O) groups excluding carboxylic acids is 2. The number of hydrogen-bond donors (Lipinski definition) is 2. The largest absolute Gasteiger partial charge is 0.493 e. The number of aryl methyl sites for hydroxylation is 1. The lowest BCUT2D eigenvalue weighted by atomic mass is 9.85. The zero-order chi connectivity index (χ0) is 52.1. The molecule has 0 spiro atoms. The summed E-state index contributed by atoms with van der Waals surface area (Å²) in [5.41, 5.74) is 2.33. The predicted octanol–water partition coefficient (Wildman–Crippen LogP) is 11.3. The van der Waals surface area contributed by atoms with Gasteiger partial charge in [0, 0.05) is 89.2 Å². The summed E-state index contributed by atoms with van der Waals surface area (Å²) in [6.45, 7) is 13.5. The molecule has 5 aliphatic heterocycles. The first-order valence-electron chi connectivity index (χ1n) is 27.8. The molecule has 2 aromatic heterocycles. The minimum Gasteiger partial charge on any atom is -0.493 e. The molecule has 4 aromatic carbocycles. The summed E-state index contributed by atoms with van der Waals surface area (Å²) in [6.07, 6.45) is 10.5. The fourth-order valence-corrected chi connectivity index (χ4v) is 15.3. The van der Waals surface area contributed by atoms with Crippen molar-refractivity contribution in [3.8, 4) is 34.5 Å². The maximum absolute atomic E-state index is 15.0. The smallest absolute Gasteiger partial charge is 0.254 e. The normalized spacial score (nSPS) is 24.2. The molecule has 2 unspecified atom stereocenters. The molecule has 2 amide bonds. The van der Waals surface area contributed by atoms with Crippen LogP contribution < -0.4 is 39.1 Å². The molecule has 6 aromatic rings. The fourth-order valence-electron chi connectivity index (χ4n) is 13.2. The van der Waals surface area contributed by atoms with Crippen LogP contribution in [0.25, 0.3) is 20.2 Å². The average Bonchev–Trinajstić information content (AvgIpc) is 4.31. The van der Waals surface area contributed by atoms with E-state index in [0.717, 1.165) is 93.9 Å². The van der Waals surface area contributed by atoms with Crippen molar-refractivity contribution in [1.29, 1.82) is 0 Å². The number of rotatable bonds is 19. The van der Waals surface area contributed by atoms with Gasteiger partial charge in [-0.15, -0.1) is 22.7 Å². The number of amides is 2. The third kappa shape index (κ3) is 10.7. The van der Waals surface area contributed by atoms with Crippen LogP contribution >= 0.6 is 22.7 Å². The quantitative estimate of drug-likeness (QED) is 0.0754. The standard InChI is InChI=1S/C61H73N5O8S2/c1-60(2)71-52-29-43(27-50(69-4)56(52)73-60)58(67)65(33-45-14-10-22-63-45)35-48-26-42-24-38(17-20-55(42)76-48)12-8-9-21-61(3)72-53-30-44(28-51(70-5)57(53)74-61)59(68)66(36-47-25-39-13-6-7-16-54(39)75-47)34-46-15-11-23-64(46)37-49-40-18-19-41(49)32-62-31-40/h6-7,13,16-17,20,24-30,40-41,45-46,49,62-63H,8-12,14-15,18-19,21-23,31-37H2,1-5H3/t40-,41+,45-,46-,49?,61?/m0/s1. The third-order valence-corrected chi connectivity index (χ3v) is 19.2. The highest BCUT2D eigenvalue weighted by Gasteiger charge is 2.43. The summed E-state index contributed by atoms with van der Waals surface area (Å²) in [5, 5.41) is 9.67. The number of nitrogens with one attached hydrogen (secondary N) is 2. The van der Waals surface area contributed by atoms with Gasteiger partial charge in [-0.2, -0.15) is 0 Å². The Kier molecular flexibility index (Phi) is 14.4. The summed E-state index contributed by atoms with van der Waals surface area (Å²) in [5.74, 6) is 3.58. The second kappa shape index (κ2) is 21.3. The van der Waals surface area contributed by atoms with E-state index in [1.54, 1.807) is 49.0 Å². The van der Waals surface area contributed by atoms with E-state index in [1.165, 1.54) is 49.9 Å². The molecular weight excluding hydrogens is 995 g/mol. The van der Waals surface area contributed by atoms with Gasteiger partial charge in [-0.25, -0.2) is 0 Å². The first kappa shape index (κ1) is 51.2. The number of likely N-dealkylation sites (tertiary alicyclic amines) is 1. The SMILES string of the molecule is COc1cc(C(=O)N(Cc2cc3cc(CCCCC4(C)Oc5cc(C(=O)N(Cc6cc7ccccc7s6)C[C@@H]6CCCN6CC6[C@@H]7CC[C@H]6CNC7)cc(OC)c5O4)ccc3s2)C[C@@H]2CCCN2)cc2c1OC(C)(C)O2. The molecule has 1 aliphatic carbocycles. The average molecular weight is 1070 g/mol. The van der Waals surface area contributed by atoms with Gasteiger partial charge in [0.15, 0.2) is 23.0 Å². The molecule has 1 saturated carbocycles. The highest BCUT2D eigenvalue weighted by molar-refractivity contribution is 7.19. The van der Waals surface area contributed by atoms with Crippen LogP contribution in [-0.4, -0.2) is 110 Å². The van der Waals surface area contributed by atoms with E-state index < -0.39 is 11.6 Å². The summed E-state index contributed by atoms with van der Waals surface area (Å²) >= 11 is 3.51. The first-order valence-corrected chi connectivity index (χ1v) is 29.5. The Morgan fingerprint density at radius 2 is 1.38 bits per heavy atom. The van der Waals surface area contributed by atoms with Crippen LogP contribution in [0.1, 0.15) is 115 Å². The number of thiophene rings is 2. The molecule has 4 fully saturated rings. The van der Waals surface area contributed by atoms with Gasteiger partial charge < -0.3 is 48.9 Å². The van der Waals surface area contributed by atoms with Gasteiger partial charge in [-0.05, 0) is 167 Å². The van der Waals surface area contributed by atoms with Gasteiger partial charge in [0.05, 0.1) is 27.3 Å². The Balaban J connectivity index is 0.697. The van der Waals surface area contributed by atoms with Crippen LogP contribution in [0, 0.1) is 17.8 Å². The van der Waals surface area contributed by atoms with E-state index in [0.29, 0.717) is 84.3 Å². The van der Waals surface area contributed by atoms with Crippen molar-refractivity contribution in [3.63, 3.8) is 0 Å². The van der Waals surface area contributed by atoms with E-state index in [4.69, 9.17) is 28.4 Å². The summed E-state index contributed by atoms with van der Waals surface area (Å²) in [4.78, 5) is 38.5. The van der Waals surface area contributed by atoms with Crippen molar-refractivity contribution >= 4 is 54.7 Å². The molecule has 2 N–H and O–H groups in total. The number of hydrogen-bond acceptors (Lipinski definition) is 13. The molecule has 12 rings (SSSR count). The number of nitrogens with zero attached hydrogens (tertiary/aromatic N) is 3. The van der Waals surface area contributed by atoms with E-state index in [2.05, 4.69) is 75.0 Å². The minimum absolute atomic E-state index is 0.0157. The molecule has 13 nitrogen and oxygen atoms in total. The third-order valence-electron chi connectivity index (χ3n) is 17.0. The molecule has 6 aliphatic rings. The van der Waals surface area contributed by atoms with Gasteiger partial charge in [0.2, 0.25) is 23.1 Å². The van der Waals surface area contributed by atoms with Crippen molar-refractivity contribution in [2.45, 2.75) is 122 Å². The van der Waals surface area contributed by atoms with E-state index >= 15 is 4.79 Å². The zero-order valence-corrected chi connectivity index (χ0v) is 46.4. The summed E-state index contributed by atoms with van der Waals surface area (Å²) < 4.78 is 39.4. The maximum Gasteiger partial charge on any atom is 0.254 e. The molecule has 3 saturated heterocycles. The van der Waals surface area contributed by atoms with Crippen LogP contribution in [0.4, 0.5) is 0 Å².